The number of hydrogen-bond acceptors (Lipinski definition) is 3. The molecule has 0 fully saturated rings. The fraction of sp³-hybridized carbons (Fsp3) is 0.462. The summed E-state index contributed by atoms with van der Waals surface area (Å²) in [4.78, 5) is 13.8. The Labute approximate surface area is 102 Å². The average Bonchev–Trinajstić information content (AvgIpc) is 2.25. The van der Waals surface area contributed by atoms with E-state index >= 15 is 0 Å². The number of benzene rings is 1. The number of aliphatic hydroxyl groups is 1. The van der Waals surface area contributed by atoms with Gasteiger partial charge in [0, 0.05) is 24.3 Å². The summed E-state index contributed by atoms with van der Waals surface area (Å²) in [7, 11) is 0. The number of hydrogen-bond donors (Lipinski definition) is 2. The fourth-order valence-corrected chi connectivity index (χ4v) is 1.60. The smallest absolute Gasteiger partial charge is 0.253 e. The quantitative estimate of drug-likeness (QED) is 0.779. The molecule has 0 spiro atoms. The first-order chi connectivity index (χ1) is 7.83. The molecule has 1 aromatic carbocycles. The van der Waals surface area contributed by atoms with Gasteiger partial charge in [0.15, 0.2) is 0 Å². The molecule has 4 heteroatoms. The van der Waals surface area contributed by atoms with Crippen molar-refractivity contribution < 1.29 is 9.90 Å². The van der Waals surface area contributed by atoms with Gasteiger partial charge in [-0.2, -0.15) is 0 Å². The Hall–Kier alpha value is -1.55. The minimum atomic E-state index is -0.889. The van der Waals surface area contributed by atoms with Gasteiger partial charge in [-0.1, -0.05) is 0 Å². The van der Waals surface area contributed by atoms with Crippen LogP contribution < -0.4 is 5.73 Å². The summed E-state index contributed by atoms with van der Waals surface area (Å²) < 4.78 is 0. The number of rotatable bonds is 4. The lowest BCUT2D eigenvalue weighted by Gasteiger charge is -2.28. The van der Waals surface area contributed by atoms with Gasteiger partial charge >= 0.3 is 0 Å². The molecule has 0 bridgehead atoms. The van der Waals surface area contributed by atoms with Crippen LogP contribution in [0.4, 0.5) is 5.69 Å². The summed E-state index contributed by atoms with van der Waals surface area (Å²) in [6.07, 6.45) is 0. The molecule has 0 aliphatic heterocycles. The Balaban J connectivity index is 2.83. The first-order valence-corrected chi connectivity index (χ1v) is 5.70. The van der Waals surface area contributed by atoms with E-state index in [1.54, 1.807) is 43.0 Å². The molecule has 0 saturated heterocycles. The van der Waals surface area contributed by atoms with Gasteiger partial charge in [0.2, 0.25) is 0 Å². The van der Waals surface area contributed by atoms with Gasteiger partial charge in [0.1, 0.15) is 0 Å². The van der Waals surface area contributed by atoms with E-state index in [0.29, 0.717) is 24.3 Å². The Kier molecular flexibility index (Phi) is 4.12. The second-order valence-corrected chi connectivity index (χ2v) is 4.75. The van der Waals surface area contributed by atoms with E-state index in [2.05, 4.69) is 0 Å². The summed E-state index contributed by atoms with van der Waals surface area (Å²) in [5.74, 6) is -0.0883. The van der Waals surface area contributed by atoms with Gasteiger partial charge in [0.25, 0.3) is 5.91 Å². The molecule has 1 amide bonds. The van der Waals surface area contributed by atoms with Crippen LogP contribution in [0.25, 0.3) is 0 Å². The molecule has 0 unspecified atom stereocenters. The van der Waals surface area contributed by atoms with Crippen molar-refractivity contribution in [1.29, 1.82) is 0 Å². The normalized spacial score (nSPS) is 11.3. The van der Waals surface area contributed by atoms with Gasteiger partial charge in [-0.25, -0.2) is 0 Å². The van der Waals surface area contributed by atoms with E-state index < -0.39 is 5.60 Å². The van der Waals surface area contributed by atoms with Crippen LogP contribution >= 0.6 is 0 Å². The molecular weight excluding hydrogens is 216 g/mol. The number of nitrogen functional groups attached to an aromatic ring is 1. The summed E-state index contributed by atoms with van der Waals surface area (Å²) in [5.41, 5.74) is 5.90. The second kappa shape index (κ2) is 5.19. The highest BCUT2D eigenvalue weighted by atomic mass is 16.3. The molecule has 94 valence electrons. The van der Waals surface area contributed by atoms with E-state index in [4.69, 9.17) is 5.73 Å². The minimum absolute atomic E-state index is 0.0883. The van der Waals surface area contributed by atoms with Crippen molar-refractivity contribution in [2.45, 2.75) is 26.4 Å². The fourth-order valence-electron chi connectivity index (χ4n) is 1.60. The number of carbonyl (C=O) groups excluding carboxylic acids is 1. The van der Waals surface area contributed by atoms with Crippen LogP contribution in [0.15, 0.2) is 24.3 Å². The number of amides is 1. The third-order valence-corrected chi connectivity index (χ3v) is 2.40. The molecular formula is C13H20N2O2. The zero-order chi connectivity index (χ0) is 13.1. The molecule has 1 rings (SSSR count). The maximum absolute atomic E-state index is 12.1. The number of anilines is 1. The van der Waals surface area contributed by atoms with Crippen LogP contribution in [0.1, 0.15) is 31.1 Å². The average molecular weight is 236 g/mol. The maximum atomic E-state index is 12.1. The molecule has 0 saturated carbocycles. The third-order valence-electron chi connectivity index (χ3n) is 2.40. The van der Waals surface area contributed by atoms with Crippen molar-refractivity contribution in [1.82, 2.24) is 4.90 Å². The molecule has 0 aliphatic carbocycles. The van der Waals surface area contributed by atoms with Gasteiger partial charge in [-0.3, -0.25) is 4.79 Å². The predicted molar refractivity (Wildman–Crippen MR) is 68.7 cm³/mol. The number of nitrogens with two attached hydrogens (primary N) is 1. The zero-order valence-electron chi connectivity index (χ0n) is 10.6. The first kappa shape index (κ1) is 13.5. The Bertz CT molecular complexity index is 379. The van der Waals surface area contributed by atoms with Gasteiger partial charge < -0.3 is 15.7 Å². The largest absolute Gasteiger partial charge is 0.399 e. The molecule has 4 nitrogen and oxygen atoms in total. The van der Waals surface area contributed by atoms with Crippen LogP contribution in [0.5, 0.6) is 0 Å². The van der Waals surface area contributed by atoms with Crippen molar-refractivity contribution in [2.24, 2.45) is 0 Å². The van der Waals surface area contributed by atoms with Crippen LogP contribution in [-0.2, 0) is 0 Å². The summed E-state index contributed by atoms with van der Waals surface area (Å²) in [6.45, 7) is 6.14. The highest BCUT2D eigenvalue weighted by Gasteiger charge is 2.21. The minimum Gasteiger partial charge on any atom is -0.399 e. The van der Waals surface area contributed by atoms with Crippen molar-refractivity contribution in [3.8, 4) is 0 Å². The van der Waals surface area contributed by atoms with Crippen molar-refractivity contribution in [2.75, 3.05) is 18.8 Å². The van der Waals surface area contributed by atoms with Gasteiger partial charge in [-0.15, -0.1) is 0 Å². The molecule has 1 aromatic rings. The molecule has 3 N–H and O–H groups in total. The highest BCUT2D eigenvalue weighted by molar-refractivity contribution is 5.94. The number of nitrogens with zero attached hydrogens (tertiary/aromatic N) is 1. The summed E-state index contributed by atoms with van der Waals surface area (Å²) >= 11 is 0. The van der Waals surface area contributed by atoms with Crippen LogP contribution in [0, 0.1) is 0 Å². The lowest BCUT2D eigenvalue weighted by atomic mass is 10.1. The summed E-state index contributed by atoms with van der Waals surface area (Å²) in [5, 5.41) is 9.75. The molecule has 0 aliphatic rings. The standard InChI is InChI=1S/C13H20N2O2/c1-4-15(9-13(2,3)17)12(16)10-5-7-11(14)8-6-10/h5-8,17H,4,9,14H2,1-3H3. The Morgan fingerprint density at radius 3 is 2.29 bits per heavy atom. The summed E-state index contributed by atoms with van der Waals surface area (Å²) in [6, 6.07) is 6.80. The Morgan fingerprint density at radius 1 is 1.35 bits per heavy atom. The van der Waals surface area contributed by atoms with E-state index in [9.17, 15) is 9.90 Å². The zero-order valence-corrected chi connectivity index (χ0v) is 10.6. The maximum Gasteiger partial charge on any atom is 0.253 e. The second-order valence-electron chi connectivity index (χ2n) is 4.75. The lowest BCUT2D eigenvalue weighted by molar-refractivity contribution is 0.0314. The first-order valence-electron chi connectivity index (χ1n) is 5.70. The van der Waals surface area contributed by atoms with Crippen molar-refractivity contribution in [3.63, 3.8) is 0 Å². The third kappa shape index (κ3) is 4.07. The van der Waals surface area contributed by atoms with Crippen molar-refractivity contribution >= 4 is 11.6 Å². The highest BCUT2D eigenvalue weighted by Crippen LogP contribution is 2.11. The van der Waals surface area contributed by atoms with E-state index in [0.717, 1.165) is 0 Å². The van der Waals surface area contributed by atoms with Gasteiger partial charge in [0.05, 0.1) is 5.60 Å². The van der Waals surface area contributed by atoms with E-state index in [1.807, 2.05) is 6.92 Å². The van der Waals surface area contributed by atoms with Crippen LogP contribution in [-0.4, -0.2) is 34.6 Å². The number of likely N-dealkylation sites (N-methyl/N-ethyl adjacent to an activating group) is 1. The monoisotopic (exact) mass is 236 g/mol. The van der Waals surface area contributed by atoms with Crippen molar-refractivity contribution in [3.05, 3.63) is 29.8 Å². The lowest BCUT2D eigenvalue weighted by Crippen LogP contribution is -2.42. The molecule has 0 aromatic heterocycles. The Morgan fingerprint density at radius 2 is 1.88 bits per heavy atom. The number of carbonyl (C=O) groups is 1. The van der Waals surface area contributed by atoms with E-state index in [1.165, 1.54) is 0 Å². The van der Waals surface area contributed by atoms with Gasteiger partial charge in [-0.05, 0) is 45.0 Å². The molecule has 0 radical (unpaired) electrons. The molecule has 17 heavy (non-hydrogen) atoms. The molecule has 0 atom stereocenters. The SMILES string of the molecule is CCN(CC(C)(C)O)C(=O)c1ccc(N)cc1. The van der Waals surface area contributed by atoms with Crippen LogP contribution in [0.2, 0.25) is 0 Å². The van der Waals surface area contributed by atoms with Crippen LogP contribution in [0.3, 0.4) is 0 Å². The molecule has 0 heterocycles. The van der Waals surface area contributed by atoms with E-state index in [-0.39, 0.29) is 5.91 Å². The predicted octanol–water partition coefficient (Wildman–Crippen LogP) is 1.50. The topological polar surface area (TPSA) is 66.6 Å².